The minimum Gasteiger partial charge on any atom is -0.477 e. The van der Waals surface area contributed by atoms with Crippen molar-refractivity contribution in [2.75, 3.05) is 5.73 Å². The SMILES string of the molecule is Cc1ccc(N)c2c(=O)cc(C(=O)O)[nH]c12. The highest BCUT2D eigenvalue weighted by molar-refractivity contribution is 5.95. The fraction of sp³-hybridized carbons (Fsp3) is 0.0909. The Balaban J connectivity index is 2.98. The second-order valence-corrected chi connectivity index (χ2v) is 3.57. The van der Waals surface area contributed by atoms with Gasteiger partial charge in [-0.3, -0.25) is 4.79 Å². The number of hydrogen-bond acceptors (Lipinski definition) is 3. The van der Waals surface area contributed by atoms with Crippen LogP contribution in [0.25, 0.3) is 10.9 Å². The maximum atomic E-state index is 11.7. The normalized spacial score (nSPS) is 10.6. The Hall–Kier alpha value is -2.30. The van der Waals surface area contributed by atoms with Crippen LogP contribution in [-0.2, 0) is 0 Å². The molecule has 2 aromatic rings. The van der Waals surface area contributed by atoms with E-state index in [0.717, 1.165) is 11.6 Å². The van der Waals surface area contributed by atoms with Gasteiger partial charge in [-0.05, 0) is 18.6 Å². The lowest BCUT2D eigenvalue weighted by atomic mass is 10.1. The Morgan fingerprint density at radius 1 is 1.44 bits per heavy atom. The van der Waals surface area contributed by atoms with Gasteiger partial charge in [0.05, 0.1) is 10.9 Å². The largest absolute Gasteiger partial charge is 0.477 e. The molecule has 0 radical (unpaired) electrons. The number of nitrogens with one attached hydrogen (secondary N) is 1. The molecule has 0 saturated heterocycles. The number of aromatic carboxylic acids is 1. The van der Waals surface area contributed by atoms with E-state index in [0.29, 0.717) is 16.6 Å². The third-order valence-corrected chi connectivity index (χ3v) is 2.46. The molecule has 0 aliphatic carbocycles. The maximum absolute atomic E-state index is 11.7. The molecule has 5 heteroatoms. The molecule has 4 N–H and O–H groups in total. The van der Waals surface area contributed by atoms with Crippen molar-refractivity contribution in [1.29, 1.82) is 0 Å². The molecular weight excluding hydrogens is 208 g/mol. The summed E-state index contributed by atoms with van der Waals surface area (Å²) in [4.78, 5) is 25.2. The third kappa shape index (κ3) is 1.42. The number of aromatic amines is 1. The first-order chi connectivity index (χ1) is 7.50. The Labute approximate surface area is 90.5 Å². The van der Waals surface area contributed by atoms with Crippen molar-refractivity contribution in [2.45, 2.75) is 6.92 Å². The van der Waals surface area contributed by atoms with Crippen LogP contribution >= 0.6 is 0 Å². The number of carboxylic acids is 1. The number of carbonyl (C=O) groups is 1. The molecule has 0 bridgehead atoms. The molecule has 2 rings (SSSR count). The highest BCUT2D eigenvalue weighted by Gasteiger charge is 2.11. The van der Waals surface area contributed by atoms with E-state index in [1.165, 1.54) is 0 Å². The lowest BCUT2D eigenvalue weighted by Gasteiger charge is -2.05. The van der Waals surface area contributed by atoms with E-state index in [1.54, 1.807) is 19.1 Å². The van der Waals surface area contributed by atoms with Gasteiger partial charge in [0.1, 0.15) is 5.69 Å². The number of hydrogen-bond donors (Lipinski definition) is 3. The monoisotopic (exact) mass is 218 g/mol. The molecule has 0 atom stereocenters. The van der Waals surface area contributed by atoms with Crippen LogP contribution in [0.1, 0.15) is 16.1 Å². The molecule has 0 spiro atoms. The molecule has 82 valence electrons. The van der Waals surface area contributed by atoms with Crippen LogP contribution in [0.4, 0.5) is 5.69 Å². The zero-order valence-electron chi connectivity index (χ0n) is 8.57. The zero-order valence-corrected chi connectivity index (χ0v) is 8.57. The molecule has 0 aliphatic heterocycles. The fourth-order valence-electron chi connectivity index (χ4n) is 1.64. The third-order valence-electron chi connectivity index (χ3n) is 2.46. The van der Waals surface area contributed by atoms with Gasteiger partial charge in [-0.1, -0.05) is 6.07 Å². The highest BCUT2D eigenvalue weighted by atomic mass is 16.4. The quantitative estimate of drug-likeness (QED) is 0.625. The highest BCUT2D eigenvalue weighted by Crippen LogP contribution is 2.19. The smallest absolute Gasteiger partial charge is 0.352 e. The summed E-state index contributed by atoms with van der Waals surface area (Å²) in [6.45, 7) is 1.78. The van der Waals surface area contributed by atoms with Crippen molar-refractivity contribution in [3.05, 3.63) is 39.7 Å². The minimum atomic E-state index is -1.17. The summed E-state index contributed by atoms with van der Waals surface area (Å²) in [5.41, 5.74) is 6.77. The van der Waals surface area contributed by atoms with Gasteiger partial charge in [0.15, 0.2) is 5.43 Å². The number of nitrogen functional groups attached to an aromatic ring is 1. The number of fused-ring (bicyclic) bond motifs is 1. The summed E-state index contributed by atoms with van der Waals surface area (Å²) in [6.07, 6.45) is 0. The molecule has 0 unspecified atom stereocenters. The van der Waals surface area contributed by atoms with Crippen molar-refractivity contribution in [1.82, 2.24) is 4.98 Å². The Morgan fingerprint density at radius 3 is 2.75 bits per heavy atom. The van der Waals surface area contributed by atoms with Crippen molar-refractivity contribution in [3.63, 3.8) is 0 Å². The number of H-pyrrole nitrogens is 1. The van der Waals surface area contributed by atoms with Crippen LogP contribution in [-0.4, -0.2) is 16.1 Å². The van der Waals surface area contributed by atoms with Crippen LogP contribution in [0, 0.1) is 6.92 Å². The van der Waals surface area contributed by atoms with Crippen molar-refractivity contribution >= 4 is 22.6 Å². The zero-order chi connectivity index (χ0) is 11.9. The predicted octanol–water partition coefficient (Wildman–Crippen LogP) is 1.12. The van der Waals surface area contributed by atoms with Gasteiger partial charge in [0, 0.05) is 11.8 Å². The first-order valence-corrected chi connectivity index (χ1v) is 4.66. The second-order valence-electron chi connectivity index (χ2n) is 3.57. The van der Waals surface area contributed by atoms with Crippen molar-refractivity contribution in [3.8, 4) is 0 Å². The van der Waals surface area contributed by atoms with Gasteiger partial charge in [-0.15, -0.1) is 0 Å². The summed E-state index contributed by atoms with van der Waals surface area (Å²) in [7, 11) is 0. The number of carboxylic acid groups (broad SMARTS) is 1. The minimum absolute atomic E-state index is 0.133. The van der Waals surface area contributed by atoms with Crippen LogP contribution in [0.3, 0.4) is 0 Å². The molecule has 0 saturated carbocycles. The summed E-state index contributed by atoms with van der Waals surface area (Å²) in [5.74, 6) is -1.17. The maximum Gasteiger partial charge on any atom is 0.352 e. The van der Waals surface area contributed by atoms with E-state index in [9.17, 15) is 9.59 Å². The van der Waals surface area contributed by atoms with Gasteiger partial charge in [0.25, 0.3) is 0 Å². The standard InChI is InChI=1S/C11H10N2O3/c1-5-2-3-6(12)9-8(14)4-7(11(15)16)13-10(5)9/h2-4H,12H2,1H3,(H,13,14)(H,15,16). The van der Waals surface area contributed by atoms with E-state index in [-0.39, 0.29) is 11.1 Å². The number of nitrogens with two attached hydrogens (primary N) is 1. The second kappa shape index (κ2) is 3.37. The summed E-state index contributed by atoms with van der Waals surface area (Å²) >= 11 is 0. The Bertz CT molecular complexity index is 643. The molecule has 0 fully saturated rings. The van der Waals surface area contributed by atoms with Gasteiger partial charge in [-0.2, -0.15) is 0 Å². The average molecular weight is 218 g/mol. The van der Waals surface area contributed by atoms with E-state index in [2.05, 4.69) is 4.98 Å². The molecular formula is C11H10N2O3. The van der Waals surface area contributed by atoms with Gasteiger partial charge < -0.3 is 15.8 Å². The average Bonchev–Trinajstić information content (AvgIpc) is 2.22. The van der Waals surface area contributed by atoms with Gasteiger partial charge >= 0.3 is 5.97 Å². The Morgan fingerprint density at radius 2 is 2.12 bits per heavy atom. The molecule has 16 heavy (non-hydrogen) atoms. The molecule has 0 aliphatic rings. The lowest BCUT2D eigenvalue weighted by molar-refractivity contribution is 0.0691. The predicted molar refractivity (Wildman–Crippen MR) is 60.7 cm³/mol. The lowest BCUT2D eigenvalue weighted by Crippen LogP contribution is -2.11. The summed E-state index contributed by atoms with van der Waals surface area (Å²) in [6, 6.07) is 4.41. The summed E-state index contributed by atoms with van der Waals surface area (Å²) in [5, 5.41) is 9.17. The number of anilines is 1. The van der Waals surface area contributed by atoms with E-state index in [4.69, 9.17) is 10.8 Å². The van der Waals surface area contributed by atoms with Crippen molar-refractivity contribution < 1.29 is 9.90 Å². The molecule has 0 amide bonds. The molecule has 1 aromatic heterocycles. The van der Waals surface area contributed by atoms with Crippen LogP contribution in [0.2, 0.25) is 0 Å². The van der Waals surface area contributed by atoms with Crippen LogP contribution < -0.4 is 11.2 Å². The Kier molecular flexibility index (Phi) is 2.16. The topological polar surface area (TPSA) is 96.2 Å². The molecule has 1 aromatic carbocycles. The number of aryl methyl sites for hydroxylation is 1. The van der Waals surface area contributed by atoms with E-state index >= 15 is 0 Å². The number of rotatable bonds is 1. The fourth-order valence-corrected chi connectivity index (χ4v) is 1.64. The summed E-state index contributed by atoms with van der Waals surface area (Å²) < 4.78 is 0. The van der Waals surface area contributed by atoms with Gasteiger partial charge in [-0.25, -0.2) is 4.79 Å². The number of pyridine rings is 1. The van der Waals surface area contributed by atoms with Crippen LogP contribution in [0.15, 0.2) is 23.0 Å². The van der Waals surface area contributed by atoms with Crippen molar-refractivity contribution in [2.24, 2.45) is 0 Å². The molecule has 5 nitrogen and oxygen atoms in total. The van der Waals surface area contributed by atoms with Gasteiger partial charge in [0.2, 0.25) is 0 Å². The van der Waals surface area contributed by atoms with E-state index in [1.807, 2.05) is 0 Å². The number of aromatic nitrogens is 1. The van der Waals surface area contributed by atoms with Crippen LogP contribution in [0.5, 0.6) is 0 Å². The first-order valence-electron chi connectivity index (χ1n) is 4.66. The van der Waals surface area contributed by atoms with E-state index < -0.39 is 5.97 Å². The molecule has 1 heterocycles. The first kappa shape index (κ1) is 10.2. The number of benzene rings is 1.